The number of quaternary nitrogens is 1. The van der Waals surface area contributed by atoms with Crippen LogP contribution in [0.15, 0.2) is 0 Å². The first kappa shape index (κ1) is 12.5. The van der Waals surface area contributed by atoms with Crippen LogP contribution in [0.2, 0.25) is 0 Å². The van der Waals surface area contributed by atoms with Crippen molar-refractivity contribution in [3.8, 4) is 0 Å². The monoisotopic (exact) mass is 221 g/mol. The first-order chi connectivity index (χ1) is 5.30. The van der Waals surface area contributed by atoms with Gasteiger partial charge in [-0.1, -0.05) is 13.8 Å². The highest BCUT2D eigenvalue weighted by molar-refractivity contribution is 7.82. The molecule has 0 saturated carbocycles. The minimum Gasteiger partial charge on any atom is -0.481 e. The Kier molecular flexibility index (Phi) is 4.84. The lowest BCUT2D eigenvalue weighted by molar-refractivity contribution is -0.590. The second-order valence-electron chi connectivity index (χ2n) is 3.35. The zero-order chi connectivity index (χ0) is 9.94. The molecule has 0 heterocycles. The van der Waals surface area contributed by atoms with Crippen molar-refractivity contribution in [1.82, 2.24) is 0 Å². The molecule has 1 nitrogen and oxygen atoms in total. The van der Waals surface area contributed by atoms with Crippen LogP contribution in [0.5, 0.6) is 0 Å². The van der Waals surface area contributed by atoms with Crippen LogP contribution in [-0.2, 0) is 12.8 Å². The standard InChI is InChI=1S/C8H15NS3/c1-6(2)5-9(12,7(3)10)8(4)11/h6H,5H2,1-4H3. The van der Waals surface area contributed by atoms with Crippen molar-refractivity contribution in [2.24, 2.45) is 5.92 Å². The van der Waals surface area contributed by atoms with E-state index in [9.17, 15) is 0 Å². The second kappa shape index (κ2) is 4.65. The number of rotatable bonds is 2. The van der Waals surface area contributed by atoms with Crippen molar-refractivity contribution in [3.63, 3.8) is 0 Å². The summed E-state index contributed by atoms with van der Waals surface area (Å²) >= 11 is 15.6. The summed E-state index contributed by atoms with van der Waals surface area (Å²) in [6.45, 7) is 8.78. The van der Waals surface area contributed by atoms with Crippen LogP contribution in [0.3, 0.4) is 0 Å². The van der Waals surface area contributed by atoms with Crippen LogP contribution in [0.4, 0.5) is 0 Å². The largest absolute Gasteiger partial charge is 0.481 e. The lowest BCUT2D eigenvalue weighted by Gasteiger charge is -2.42. The quantitative estimate of drug-likeness (QED) is 0.400. The Labute approximate surface area is 91.3 Å². The molecule has 0 aliphatic carbocycles. The van der Waals surface area contributed by atoms with Gasteiger partial charge in [0, 0.05) is 19.8 Å². The number of hydrogen-bond acceptors (Lipinski definition) is 3. The zero-order valence-corrected chi connectivity index (χ0v) is 10.4. The summed E-state index contributed by atoms with van der Waals surface area (Å²) < 4.78 is 0.238. The number of hydrogen-bond donors (Lipinski definition) is 0. The van der Waals surface area contributed by atoms with Gasteiger partial charge in [0.15, 0.2) is 9.98 Å². The normalized spacial score (nSPS) is 11.8. The van der Waals surface area contributed by atoms with Gasteiger partial charge in [0.05, 0.1) is 6.54 Å². The molecule has 0 aliphatic rings. The summed E-state index contributed by atoms with van der Waals surface area (Å²) in [4.78, 5) is 1.54. The van der Waals surface area contributed by atoms with Gasteiger partial charge in [0.25, 0.3) is 0 Å². The SMILES string of the molecule is CC(=S)[N+]([S-])(CC(C)C)C(C)=S. The zero-order valence-electron chi connectivity index (χ0n) is 7.96. The summed E-state index contributed by atoms with van der Waals surface area (Å²) in [5.74, 6) is 0.512. The third kappa shape index (κ3) is 3.09. The summed E-state index contributed by atoms with van der Waals surface area (Å²) in [5, 5.41) is 0. The molecule has 12 heavy (non-hydrogen) atoms. The highest BCUT2D eigenvalue weighted by Crippen LogP contribution is 2.13. The van der Waals surface area contributed by atoms with Crippen LogP contribution in [0.25, 0.3) is 0 Å². The average molecular weight is 221 g/mol. The van der Waals surface area contributed by atoms with E-state index in [2.05, 4.69) is 13.8 Å². The van der Waals surface area contributed by atoms with E-state index >= 15 is 0 Å². The van der Waals surface area contributed by atoms with Crippen molar-refractivity contribution < 1.29 is 3.89 Å². The Balaban J connectivity index is 4.63. The summed E-state index contributed by atoms with van der Waals surface area (Å²) in [6, 6.07) is 0. The molecule has 0 amide bonds. The molecule has 0 saturated heterocycles. The van der Waals surface area contributed by atoms with Crippen LogP contribution in [0, 0.1) is 5.92 Å². The maximum atomic E-state index is 5.38. The van der Waals surface area contributed by atoms with Gasteiger partial charge in [-0.25, -0.2) is 0 Å². The predicted octanol–water partition coefficient (Wildman–Crippen LogP) is 2.62. The van der Waals surface area contributed by atoms with Gasteiger partial charge < -0.3 is 16.7 Å². The first-order valence-corrected chi connectivity index (χ1v) is 5.10. The van der Waals surface area contributed by atoms with E-state index in [0.29, 0.717) is 5.92 Å². The van der Waals surface area contributed by atoms with Gasteiger partial charge in [0.2, 0.25) is 0 Å². The van der Waals surface area contributed by atoms with Crippen LogP contribution < -0.4 is 0 Å². The van der Waals surface area contributed by atoms with Crippen molar-refractivity contribution >= 4 is 47.2 Å². The Morgan fingerprint density at radius 1 is 1.25 bits per heavy atom. The van der Waals surface area contributed by atoms with E-state index in [4.69, 9.17) is 37.3 Å². The van der Waals surface area contributed by atoms with Gasteiger partial charge in [-0.05, 0) is 24.4 Å². The molecule has 0 radical (unpaired) electrons. The molecule has 0 spiro atoms. The molecule has 0 aromatic carbocycles. The van der Waals surface area contributed by atoms with Crippen molar-refractivity contribution in [2.45, 2.75) is 27.7 Å². The highest BCUT2D eigenvalue weighted by atomic mass is 32.1. The van der Waals surface area contributed by atoms with Gasteiger partial charge in [-0.2, -0.15) is 0 Å². The molecule has 0 N–H and O–H groups in total. The Morgan fingerprint density at radius 2 is 1.58 bits per heavy atom. The van der Waals surface area contributed by atoms with Crippen molar-refractivity contribution in [2.75, 3.05) is 6.54 Å². The Bertz CT molecular complexity index is 184. The van der Waals surface area contributed by atoms with E-state index in [-0.39, 0.29) is 3.89 Å². The molecule has 0 unspecified atom stereocenters. The van der Waals surface area contributed by atoms with Crippen LogP contribution in [-0.4, -0.2) is 20.4 Å². The summed E-state index contributed by atoms with van der Waals surface area (Å²) in [6.07, 6.45) is 0. The van der Waals surface area contributed by atoms with Gasteiger partial charge in [-0.3, -0.25) is 0 Å². The van der Waals surface area contributed by atoms with E-state index in [0.717, 1.165) is 16.5 Å². The summed E-state index contributed by atoms with van der Waals surface area (Å²) in [5.41, 5.74) is 0. The molecule has 70 valence electrons. The molecule has 0 aromatic heterocycles. The van der Waals surface area contributed by atoms with E-state index in [1.807, 2.05) is 13.8 Å². The molecule has 0 rings (SSSR count). The van der Waals surface area contributed by atoms with Gasteiger partial charge >= 0.3 is 0 Å². The topological polar surface area (TPSA) is 0 Å². The third-order valence-electron chi connectivity index (χ3n) is 1.64. The van der Waals surface area contributed by atoms with Crippen LogP contribution >= 0.6 is 24.4 Å². The molecule has 0 aliphatic heterocycles. The predicted molar refractivity (Wildman–Crippen MR) is 63.9 cm³/mol. The Morgan fingerprint density at radius 3 is 1.67 bits per heavy atom. The molecule has 0 bridgehead atoms. The lowest BCUT2D eigenvalue weighted by atomic mass is 10.2. The maximum Gasteiger partial charge on any atom is 0.158 e. The Hall–Kier alpha value is 0.490. The average Bonchev–Trinajstić information content (AvgIpc) is 1.84. The fourth-order valence-electron chi connectivity index (χ4n) is 0.993. The minimum atomic E-state index is 0.238. The number of nitrogens with zero attached hydrogens (tertiary/aromatic N) is 1. The summed E-state index contributed by atoms with van der Waals surface area (Å²) in [7, 11) is 0. The van der Waals surface area contributed by atoms with Crippen molar-refractivity contribution in [3.05, 3.63) is 0 Å². The highest BCUT2D eigenvalue weighted by Gasteiger charge is 2.21. The van der Waals surface area contributed by atoms with E-state index in [1.54, 1.807) is 0 Å². The lowest BCUT2D eigenvalue weighted by Crippen LogP contribution is -2.50. The van der Waals surface area contributed by atoms with Gasteiger partial charge in [-0.15, -0.1) is 0 Å². The number of thiocarbonyl (C=S) groups is 2. The molecule has 0 aromatic rings. The van der Waals surface area contributed by atoms with Gasteiger partial charge in [0.1, 0.15) is 0 Å². The first-order valence-electron chi connectivity index (χ1n) is 3.92. The minimum absolute atomic E-state index is 0.238. The molecular weight excluding hydrogens is 206 g/mol. The fourth-order valence-corrected chi connectivity index (χ4v) is 1.77. The maximum absolute atomic E-state index is 5.38. The van der Waals surface area contributed by atoms with E-state index in [1.165, 1.54) is 0 Å². The third-order valence-corrected chi connectivity index (χ3v) is 3.19. The molecule has 0 fully saturated rings. The smallest absolute Gasteiger partial charge is 0.158 e. The van der Waals surface area contributed by atoms with Crippen LogP contribution in [0.1, 0.15) is 27.7 Å². The second-order valence-corrected chi connectivity index (χ2v) is 5.16. The fraction of sp³-hybridized carbons (Fsp3) is 0.750. The molecule has 0 atom stereocenters. The molecular formula is C8H15NS3. The molecule has 4 heteroatoms. The van der Waals surface area contributed by atoms with E-state index < -0.39 is 0 Å². The van der Waals surface area contributed by atoms with Crippen molar-refractivity contribution in [1.29, 1.82) is 0 Å².